The fourth-order valence-corrected chi connectivity index (χ4v) is 4.72. The van der Waals surface area contributed by atoms with Gasteiger partial charge in [-0.25, -0.2) is 9.78 Å². The van der Waals surface area contributed by atoms with Crippen LogP contribution < -0.4 is 15.5 Å². The summed E-state index contributed by atoms with van der Waals surface area (Å²) in [6, 6.07) is 8.12. The highest BCUT2D eigenvalue weighted by Gasteiger charge is 2.34. The van der Waals surface area contributed by atoms with Gasteiger partial charge in [0.2, 0.25) is 5.91 Å². The molecule has 31 heavy (non-hydrogen) atoms. The van der Waals surface area contributed by atoms with E-state index in [2.05, 4.69) is 36.3 Å². The zero-order valence-corrected chi connectivity index (χ0v) is 18.1. The minimum Gasteiger partial charge on any atom is -0.348 e. The molecule has 0 spiro atoms. The van der Waals surface area contributed by atoms with E-state index in [9.17, 15) is 9.59 Å². The van der Waals surface area contributed by atoms with Gasteiger partial charge in [0, 0.05) is 37.3 Å². The van der Waals surface area contributed by atoms with Gasteiger partial charge in [-0.3, -0.25) is 9.69 Å². The number of pyridine rings is 1. The number of amides is 3. The second-order valence-corrected chi connectivity index (χ2v) is 8.46. The van der Waals surface area contributed by atoms with Crippen LogP contribution in [0.25, 0.3) is 10.8 Å². The van der Waals surface area contributed by atoms with Crippen molar-refractivity contribution < 1.29 is 9.59 Å². The first-order chi connectivity index (χ1) is 15.1. The van der Waals surface area contributed by atoms with Gasteiger partial charge in [0.25, 0.3) is 0 Å². The van der Waals surface area contributed by atoms with Gasteiger partial charge in [-0.05, 0) is 62.2 Å². The highest BCUT2D eigenvalue weighted by Crippen LogP contribution is 2.31. The second kappa shape index (κ2) is 9.47. The summed E-state index contributed by atoms with van der Waals surface area (Å²) in [5.74, 6) is 0.533. The molecule has 3 heterocycles. The number of carbonyl (C=O) groups excluding carboxylic acids is 2. The number of hydrogen-bond donors (Lipinski definition) is 2. The zero-order valence-electron chi connectivity index (χ0n) is 18.1. The van der Waals surface area contributed by atoms with Crippen molar-refractivity contribution in [3.63, 3.8) is 0 Å². The minimum absolute atomic E-state index is 0.0329. The summed E-state index contributed by atoms with van der Waals surface area (Å²) in [6.07, 6.45) is 6.75. The number of urea groups is 1. The van der Waals surface area contributed by atoms with Crippen LogP contribution in [0.4, 0.5) is 10.6 Å². The van der Waals surface area contributed by atoms with Crippen molar-refractivity contribution >= 4 is 28.5 Å². The summed E-state index contributed by atoms with van der Waals surface area (Å²) in [5.41, 5.74) is 1.11. The van der Waals surface area contributed by atoms with Crippen LogP contribution in [-0.4, -0.2) is 60.1 Å². The molecule has 2 saturated heterocycles. The number of fused-ring (bicyclic) bond motifs is 1. The number of anilines is 1. The molecule has 7 heteroatoms. The van der Waals surface area contributed by atoms with Gasteiger partial charge in [-0.15, -0.1) is 0 Å². The summed E-state index contributed by atoms with van der Waals surface area (Å²) in [6.45, 7) is 8.50. The number of carbonyl (C=O) groups is 2. The lowest BCUT2D eigenvalue weighted by Gasteiger charge is -2.40. The van der Waals surface area contributed by atoms with E-state index in [0.29, 0.717) is 13.1 Å². The van der Waals surface area contributed by atoms with E-state index in [1.54, 1.807) is 6.20 Å². The fraction of sp³-hybridized carbons (Fsp3) is 0.458. The Hall–Kier alpha value is -2.93. The van der Waals surface area contributed by atoms with Crippen LogP contribution in [0.2, 0.25) is 0 Å². The van der Waals surface area contributed by atoms with Gasteiger partial charge >= 0.3 is 6.03 Å². The van der Waals surface area contributed by atoms with E-state index < -0.39 is 0 Å². The van der Waals surface area contributed by atoms with E-state index in [1.807, 2.05) is 21.9 Å². The van der Waals surface area contributed by atoms with Crippen molar-refractivity contribution in [2.75, 3.05) is 31.1 Å². The van der Waals surface area contributed by atoms with Gasteiger partial charge < -0.3 is 15.5 Å². The first-order valence-corrected chi connectivity index (χ1v) is 11.1. The molecule has 2 atom stereocenters. The maximum absolute atomic E-state index is 13.9. The van der Waals surface area contributed by atoms with Crippen LogP contribution in [0.3, 0.4) is 0 Å². The van der Waals surface area contributed by atoms with Crippen LogP contribution in [-0.2, 0) is 4.79 Å². The van der Waals surface area contributed by atoms with Crippen molar-refractivity contribution in [2.45, 2.75) is 44.7 Å². The molecule has 0 saturated carbocycles. The van der Waals surface area contributed by atoms with Gasteiger partial charge in [-0.2, -0.15) is 0 Å². The van der Waals surface area contributed by atoms with E-state index in [0.717, 1.165) is 60.9 Å². The molecule has 2 aliphatic heterocycles. The minimum atomic E-state index is -0.195. The molecule has 3 amide bonds. The van der Waals surface area contributed by atoms with Crippen molar-refractivity contribution in [3.05, 3.63) is 48.7 Å². The van der Waals surface area contributed by atoms with Gasteiger partial charge in [-0.1, -0.05) is 24.8 Å². The summed E-state index contributed by atoms with van der Waals surface area (Å²) in [7, 11) is 0. The molecule has 1 unspecified atom stereocenters. The third-order valence-corrected chi connectivity index (χ3v) is 6.27. The van der Waals surface area contributed by atoms with Gasteiger partial charge in [0.05, 0.1) is 6.04 Å². The number of nitrogens with one attached hydrogen (secondary N) is 2. The Morgan fingerprint density at radius 1 is 1.29 bits per heavy atom. The van der Waals surface area contributed by atoms with E-state index in [-0.39, 0.29) is 24.0 Å². The average Bonchev–Trinajstić information content (AvgIpc) is 2.80. The normalized spacial score (nSPS) is 21.5. The first-order valence-electron chi connectivity index (χ1n) is 11.1. The Bertz CT molecular complexity index is 964. The number of aromatic nitrogens is 1. The summed E-state index contributed by atoms with van der Waals surface area (Å²) < 4.78 is 0. The Morgan fingerprint density at radius 2 is 2.16 bits per heavy atom. The lowest BCUT2D eigenvalue weighted by molar-refractivity contribution is -0.117. The largest absolute Gasteiger partial charge is 0.348 e. The topological polar surface area (TPSA) is 77.6 Å². The summed E-state index contributed by atoms with van der Waals surface area (Å²) in [5, 5.41) is 8.50. The molecule has 0 bridgehead atoms. The molecule has 2 aliphatic rings. The molecule has 2 fully saturated rings. The van der Waals surface area contributed by atoms with Gasteiger partial charge in [0.1, 0.15) is 5.82 Å². The SMILES string of the molecule is C=CC(=O)NC1CCCN(C(=O)N(c2nccc3cccc(C)c23)[C@@H]2CCCNC2)C1. The van der Waals surface area contributed by atoms with E-state index in [4.69, 9.17) is 4.98 Å². The molecule has 4 rings (SSSR count). The maximum Gasteiger partial charge on any atom is 0.326 e. The van der Waals surface area contributed by atoms with Crippen LogP contribution in [0, 0.1) is 6.92 Å². The molecule has 7 nitrogen and oxygen atoms in total. The fourth-order valence-electron chi connectivity index (χ4n) is 4.72. The summed E-state index contributed by atoms with van der Waals surface area (Å²) >= 11 is 0. The van der Waals surface area contributed by atoms with Crippen molar-refractivity contribution in [1.29, 1.82) is 0 Å². The number of likely N-dealkylation sites (tertiary alicyclic amines) is 1. The number of benzene rings is 1. The van der Waals surface area contributed by atoms with Crippen molar-refractivity contribution in [2.24, 2.45) is 0 Å². The van der Waals surface area contributed by atoms with E-state index >= 15 is 0 Å². The van der Waals surface area contributed by atoms with Crippen LogP contribution >= 0.6 is 0 Å². The number of piperidine rings is 2. The molecule has 1 aromatic heterocycles. The van der Waals surface area contributed by atoms with E-state index in [1.165, 1.54) is 6.08 Å². The third-order valence-electron chi connectivity index (χ3n) is 6.27. The highest BCUT2D eigenvalue weighted by atomic mass is 16.2. The molecule has 0 aliphatic carbocycles. The Labute approximate surface area is 183 Å². The summed E-state index contributed by atoms with van der Waals surface area (Å²) in [4.78, 5) is 34.2. The lowest BCUT2D eigenvalue weighted by Crippen LogP contribution is -2.57. The standard InChI is InChI=1S/C24H31N5O2/c1-3-21(30)27-19-9-6-14-28(16-19)24(31)29(20-10-5-12-25-15-20)23-22-17(2)7-4-8-18(22)11-13-26-23/h3-4,7-8,11,13,19-20,25H,1,5-6,9-10,12,14-16H2,2H3,(H,27,30)/t19?,20-/m1/s1. The van der Waals surface area contributed by atoms with Crippen LogP contribution in [0.1, 0.15) is 31.2 Å². The van der Waals surface area contributed by atoms with Crippen LogP contribution in [0.5, 0.6) is 0 Å². The first kappa shape index (κ1) is 21.3. The maximum atomic E-state index is 13.9. The molecular weight excluding hydrogens is 390 g/mol. The third kappa shape index (κ3) is 4.56. The molecular formula is C24H31N5O2. The Morgan fingerprint density at radius 3 is 2.94 bits per heavy atom. The van der Waals surface area contributed by atoms with Crippen molar-refractivity contribution in [3.8, 4) is 0 Å². The lowest BCUT2D eigenvalue weighted by atomic mass is 10.0. The smallest absolute Gasteiger partial charge is 0.326 e. The average molecular weight is 422 g/mol. The number of nitrogens with zero attached hydrogens (tertiary/aromatic N) is 3. The number of hydrogen-bond acceptors (Lipinski definition) is 4. The van der Waals surface area contributed by atoms with Crippen LogP contribution in [0.15, 0.2) is 43.1 Å². The Balaban J connectivity index is 1.68. The van der Waals surface area contributed by atoms with Gasteiger partial charge in [0.15, 0.2) is 0 Å². The molecule has 164 valence electrons. The second-order valence-electron chi connectivity index (χ2n) is 8.46. The predicted octanol–water partition coefficient (Wildman–Crippen LogP) is 2.99. The molecule has 2 N–H and O–H groups in total. The zero-order chi connectivity index (χ0) is 21.8. The molecule has 2 aromatic rings. The quantitative estimate of drug-likeness (QED) is 0.744. The monoisotopic (exact) mass is 421 g/mol. The van der Waals surface area contributed by atoms with Crippen molar-refractivity contribution in [1.82, 2.24) is 20.5 Å². The molecule has 0 radical (unpaired) electrons. The highest BCUT2D eigenvalue weighted by molar-refractivity contribution is 6.03. The molecule has 1 aromatic carbocycles. The number of aryl methyl sites for hydroxylation is 1. The Kier molecular flexibility index (Phi) is 6.51. The predicted molar refractivity (Wildman–Crippen MR) is 123 cm³/mol. The number of rotatable bonds is 4.